The third-order valence-electron chi connectivity index (χ3n) is 3.89. The van der Waals surface area contributed by atoms with Crippen molar-refractivity contribution in [3.63, 3.8) is 0 Å². The maximum absolute atomic E-state index is 11.7. The molecular weight excluding hydrogens is 354 g/mol. The first-order valence-corrected chi connectivity index (χ1v) is 10.4. The van der Waals surface area contributed by atoms with Crippen LogP contribution in [0.5, 0.6) is 0 Å². The molecule has 1 heterocycles. The van der Waals surface area contributed by atoms with Crippen molar-refractivity contribution in [1.29, 1.82) is 0 Å². The smallest absolute Gasteiger partial charge is 0.319 e. The summed E-state index contributed by atoms with van der Waals surface area (Å²) in [4.78, 5) is 15.8. The number of carbonyl (C=O) groups is 1. The highest BCUT2D eigenvalue weighted by Crippen LogP contribution is 2.11. The number of hydrogen-bond donors (Lipinski definition) is 4. The van der Waals surface area contributed by atoms with Crippen LogP contribution in [0.15, 0.2) is 29.3 Å². The van der Waals surface area contributed by atoms with E-state index in [-0.39, 0.29) is 29.6 Å². The summed E-state index contributed by atoms with van der Waals surface area (Å²) in [5.74, 6) is 0.943. The maximum Gasteiger partial charge on any atom is 0.319 e. The minimum absolute atomic E-state index is 0.0765. The Bertz CT molecular complexity index is 744. The van der Waals surface area contributed by atoms with Gasteiger partial charge in [0.1, 0.15) is 0 Å². The molecular formula is C17H27N5O3S. The van der Waals surface area contributed by atoms with Crippen molar-refractivity contribution in [2.45, 2.75) is 38.9 Å². The monoisotopic (exact) mass is 381 g/mol. The number of hydrogen-bond acceptors (Lipinski definition) is 4. The fraction of sp³-hybridized carbons (Fsp3) is 0.529. The molecule has 26 heavy (non-hydrogen) atoms. The van der Waals surface area contributed by atoms with E-state index in [1.807, 2.05) is 38.1 Å². The van der Waals surface area contributed by atoms with Crippen LogP contribution in [0.4, 0.5) is 10.5 Å². The highest BCUT2D eigenvalue weighted by Gasteiger charge is 2.28. The summed E-state index contributed by atoms with van der Waals surface area (Å²) >= 11 is 0. The Kier molecular flexibility index (Phi) is 6.84. The van der Waals surface area contributed by atoms with Gasteiger partial charge in [-0.25, -0.2) is 13.2 Å². The van der Waals surface area contributed by atoms with Crippen LogP contribution >= 0.6 is 0 Å². The Morgan fingerprint density at radius 3 is 2.50 bits per heavy atom. The minimum atomic E-state index is -2.92. The molecule has 0 spiro atoms. The number of sulfone groups is 1. The number of nitrogens with one attached hydrogen (secondary N) is 4. The molecule has 0 aromatic heterocycles. The van der Waals surface area contributed by atoms with Crippen molar-refractivity contribution in [3.05, 3.63) is 29.8 Å². The SMILES string of the molecule is CN=C(NCc1ccc(NC(=O)NC(C)C)cc1)NC1CCS(=O)(=O)C1. The first-order valence-electron chi connectivity index (χ1n) is 8.61. The van der Waals surface area contributed by atoms with Gasteiger partial charge in [-0.3, -0.25) is 4.99 Å². The van der Waals surface area contributed by atoms with E-state index in [0.29, 0.717) is 24.6 Å². The van der Waals surface area contributed by atoms with E-state index in [9.17, 15) is 13.2 Å². The second kappa shape index (κ2) is 8.88. The molecule has 1 aliphatic heterocycles. The van der Waals surface area contributed by atoms with E-state index in [2.05, 4.69) is 26.3 Å². The number of benzene rings is 1. The predicted octanol–water partition coefficient (Wildman–Crippen LogP) is 1.07. The molecule has 1 unspecified atom stereocenters. The Morgan fingerprint density at radius 2 is 1.96 bits per heavy atom. The largest absolute Gasteiger partial charge is 0.353 e. The summed E-state index contributed by atoms with van der Waals surface area (Å²) in [5.41, 5.74) is 1.73. The number of carbonyl (C=O) groups excluding carboxylic acids is 1. The number of amides is 2. The Balaban J connectivity index is 1.82. The standard InChI is InChI=1S/C17H27N5O3S/c1-12(2)20-17(23)22-14-6-4-13(5-7-14)10-19-16(18-3)21-15-8-9-26(24,25)11-15/h4-7,12,15H,8-11H2,1-3H3,(H2,18,19,21)(H2,20,22,23). The zero-order valence-corrected chi connectivity index (χ0v) is 16.2. The first kappa shape index (κ1) is 20.0. The normalized spacial score (nSPS) is 19.2. The third kappa shape index (κ3) is 6.55. The van der Waals surface area contributed by atoms with Gasteiger partial charge < -0.3 is 21.3 Å². The lowest BCUT2D eigenvalue weighted by atomic mass is 10.2. The van der Waals surface area contributed by atoms with E-state index in [1.54, 1.807) is 7.05 Å². The Morgan fingerprint density at radius 1 is 1.27 bits per heavy atom. The summed E-state index contributed by atoms with van der Waals surface area (Å²) < 4.78 is 23.0. The predicted molar refractivity (Wildman–Crippen MR) is 104 cm³/mol. The number of urea groups is 1. The molecule has 2 rings (SSSR count). The topological polar surface area (TPSA) is 112 Å². The number of aliphatic imine (C=N–C) groups is 1. The lowest BCUT2D eigenvalue weighted by molar-refractivity contribution is 0.250. The number of guanidine groups is 1. The molecule has 1 saturated heterocycles. The van der Waals surface area contributed by atoms with Crippen LogP contribution in [0.2, 0.25) is 0 Å². The average Bonchev–Trinajstić information content (AvgIpc) is 2.90. The van der Waals surface area contributed by atoms with Crippen molar-refractivity contribution in [2.75, 3.05) is 23.9 Å². The average molecular weight is 382 g/mol. The first-order chi connectivity index (χ1) is 12.3. The van der Waals surface area contributed by atoms with Crippen LogP contribution in [0.1, 0.15) is 25.8 Å². The molecule has 0 saturated carbocycles. The number of nitrogens with zero attached hydrogens (tertiary/aromatic N) is 1. The maximum atomic E-state index is 11.7. The van der Waals surface area contributed by atoms with Gasteiger partial charge in [0, 0.05) is 31.4 Å². The second-order valence-corrected chi connectivity index (χ2v) is 8.85. The Hall–Kier alpha value is -2.29. The molecule has 2 amide bonds. The van der Waals surface area contributed by atoms with Crippen LogP contribution in [-0.4, -0.2) is 51.0 Å². The van der Waals surface area contributed by atoms with Gasteiger partial charge in [-0.1, -0.05) is 12.1 Å². The van der Waals surface area contributed by atoms with Gasteiger partial charge in [-0.2, -0.15) is 0 Å². The van der Waals surface area contributed by atoms with Crippen molar-refractivity contribution in [3.8, 4) is 0 Å². The van der Waals surface area contributed by atoms with Gasteiger partial charge in [0.05, 0.1) is 11.5 Å². The van der Waals surface area contributed by atoms with Crippen molar-refractivity contribution in [2.24, 2.45) is 4.99 Å². The molecule has 9 heteroatoms. The summed E-state index contributed by atoms with van der Waals surface area (Å²) in [6.45, 7) is 4.34. The second-order valence-electron chi connectivity index (χ2n) is 6.62. The van der Waals surface area contributed by atoms with Gasteiger partial charge in [-0.15, -0.1) is 0 Å². The zero-order valence-electron chi connectivity index (χ0n) is 15.4. The molecule has 1 aromatic rings. The van der Waals surface area contributed by atoms with Gasteiger partial charge in [0.2, 0.25) is 0 Å². The van der Waals surface area contributed by atoms with Gasteiger partial charge >= 0.3 is 6.03 Å². The summed E-state index contributed by atoms with van der Waals surface area (Å²) in [6.07, 6.45) is 0.599. The Labute approximate surface area is 154 Å². The highest BCUT2D eigenvalue weighted by atomic mass is 32.2. The van der Waals surface area contributed by atoms with E-state index < -0.39 is 9.84 Å². The van der Waals surface area contributed by atoms with Crippen molar-refractivity contribution >= 4 is 27.5 Å². The van der Waals surface area contributed by atoms with Crippen molar-refractivity contribution < 1.29 is 13.2 Å². The highest BCUT2D eigenvalue weighted by molar-refractivity contribution is 7.91. The van der Waals surface area contributed by atoms with E-state index in [4.69, 9.17) is 0 Å². The minimum Gasteiger partial charge on any atom is -0.353 e. The zero-order chi connectivity index (χ0) is 19.2. The lowest BCUT2D eigenvalue weighted by Crippen LogP contribution is -2.43. The molecule has 0 bridgehead atoms. The van der Waals surface area contributed by atoms with Gasteiger partial charge in [0.15, 0.2) is 15.8 Å². The van der Waals surface area contributed by atoms with Crippen LogP contribution in [-0.2, 0) is 16.4 Å². The lowest BCUT2D eigenvalue weighted by Gasteiger charge is -2.16. The molecule has 4 N–H and O–H groups in total. The molecule has 1 aliphatic rings. The molecule has 144 valence electrons. The molecule has 0 radical (unpaired) electrons. The van der Waals surface area contributed by atoms with Crippen LogP contribution in [0.3, 0.4) is 0 Å². The molecule has 1 aromatic carbocycles. The molecule has 1 atom stereocenters. The van der Waals surface area contributed by atoms with E-state index in [0.717, 1.165) is 5.56 Å². The summed E-state index contributed by atoms with van der Waals surface area (Å²) in [5, 5.41) is 11.8. The van der Waals surface area contributed by atoms with Gasteiger partial charge in [-0.05, 0) is 38.0 Å². The number of anilines is 1. The van der Waals surface area contributed by atoms with Crippen LogP contribution in [0, 0.1) is 0 Å². The fourth-order valence-corrected chi connectivity index (χ4v) is 4.29. The van der Waals surface area contributed by atoms with Crippen LogP contribution < -0.4 is 21.3 Å². The summed E-state index contributed by atoms with van der Waals surface area (Å²) in [6, 6.07) is 7.22. The fourth-order valence-electron chi connectivity index (χ4n) is 2.62. The van der Waals surface area contributed by atoms with Gasteiger partial charge in [0.25, 0.3) is 0 Å². The summed E-state index contributed by atoms with van der Waals surface area (Å²) in [7, 11) is -1.27. The quantitative estimate of drug-likeness (QED) is 0.450. The third-order valence-corrected chi connectivity index (χ3v) is 5.66. The van der Waals surface area contributed by atoms with Crippen molar-refractivity contribution in [1.82, 2.24) is 16.0 Å². The van der Waals surface area contributed by atoms with E-state index in [1.165, 1.54) is 0 Å². The number of rotatable bonds is 5. The molecule has 1 fully saturated rings. The van der Waals surface area contributed by atoms with E-state index >= 15 is 0 Å². The molecule has 0 aliphatic carbocycles. The molecule has 8 nitrogen and oxygen atoms in total. The van der Waals surface area contributed by atoms with Crippen LogP contribution in [0.25, 0.3) is 0 Å².